The molecule has 17 heavy (non-hydrogen) atoms. The van der Waals surface area contributed by atoms with Crippen LogP contribution in [0.25, 0.3) is 11.0 Å². The Morgan fingerprint density at radius 1 is 1.00 bits per heavy atom. The van der Waals surface area contributed by atoms with E-state index in [0.29, 0.717) is 0 Å². The zero-order valence-electron chi connectivity index (χ0n) is 9.37. The van der Waals surface area contributed by atoms with Crippen molar-refractivity contribution in [3.63, 3.8) is 0 Å². The molecule has 4 heteroatoms. The fourth-order valence-electron chi connectivity index (χ4n) is 1.61. The summed E-state index contributed by atoms with van der Waals surface area (Å²) in [5, 5.41) is 7.98. The molecule has 0 aliphatic rings. The van der Waals surface area contributed by atoms with Gasteiger partial charge in [-0.3, -0.25) is 0 Å². The van der Waals surface area contributed by atoms with E-state index >= 15 is 0 Å². The summed E-state index contributed by atoms with van der Waals surface area (Å²) in [5.74, 6) is 0.742. The summed E-state index contributed by atoms with van der Waals surface area (Å²) in [6.45, 7) is 2.04. The van der Waals surface area contributed by atoms with Crippen molar-refractivity contribution in [3.05, 3.63) is 54.1 Å². The molecule has 84 valence electrons. The van der Waals surface area contributed by atoms with E-state index < -0.39 is 0 Å². The number of fused-ring (bicyclic) bond motifs is 1. The minimum absolute atomic E-state index is 0.742. The predicted molar refractivity (Wildman–Crippen MR) is 64.7 cm³/mol. The van der Waals surface area contributed by atoms with Crippen LogP contribution >= 0.6 is 0 Å². The Morgan fingerprint density at radius 3 is 2.59 bits per heavy atom. The first-order chi connectivity index (χ1) is 8.33. The summed E-state index contributed by atoms with van der Waals surface area (Å²) in [6.07, 6.45) is 0. The number of nitrogens with zero attached hydrogens (tertiary/aromatic N) is 3. The van der Waals surface area contributed by atoms with Crippen molar-refractivity contribution in [3.8, 4) is 5.75 Å². The summed E-state index contributed by atoms with van der Waals surface area (Å²) in [7, 11) is 0. The van der Waals surface area contributed by atoms with E-state index in [-0.39, 0.29) is 0 Å². The van der Waals surface area contributed by atoms with Gasteiger partial charge in [-0.2, -0.15) is 0 Å². The lowest BCUT2D eigenvalue weighted by Crippen LogP contribution is -2.06. The van der Waals surface area contributed by atoms with Gasteiger partial charge < -0.3 is 4.84 Å². The molecule has 0 atom stereocenters. The van der Waals surface area contributed by atoms with E-state index in [1.165, 1.54) is 10.4 Å². The van der Waals surface area contributed by atoms with Gasteiger partial charge in [0.05, 0.1) is 0 Å². The molecule has 0 amide bonds. The first-order valence-electron chi connectivity index (χ1n) is 5.38. The average molecular weight is 225 g/mol. The van der Waals surface area contributed by atoms with Crippen molar-refractivity contribution >= 4 is 11.0 Å². The molecule has 0 N–H and O–H groups in total. The van der Waals surface area contributed by atoms with Crippen molar-refractivity contribution in [2.24, 2.45) is 0 Å². The topological polar surface area (TPSA) is 39.9 Å². The monoisotopic (exact) mass is 225 g/mol. The number of para-hydroxylation sites is 1. The molecular formula is C13H11N3O. The number of rotatable bonds is 2. The first-order valence-corrected chi connectivity index (χ1v) is 5.38. The maximum Gasteiger partial charge on any atom is 0.158 e. The van der Waals surface area contributed by atoms with Crippen molar-refractivity contribution in [1.29, 1.82) is 0 Å². The molecule has 0 saturated heterocycles. The van der Waals surface area contributed by atoms with Crippen molar-refractivity contribution in [2.45, 2.75) is 6.92 Å². The molecule has 1 aromatic heterocycles. The quantitative estimate of drug-likeness (QED) is 0.673. The molecule has 0 aliphatic heterocycles. The Hall–Kier alpha value is -2.36. The number of hydrogen-bond acceptors (Lipinski definition) is 3. The Kier molecular flexibility index (Phi) is 2.26. The van der Waals surface area contributed by atoms with Crippen molar-refractivity contribution in [1.82, 2.24) is 15.2 Å². The third-order valence-electron chi connectivity index (χ3n) is 2.53. The summed E-state index contributed by atoms with van der Waals surface area (Å²) in [4.78, 5) is 7.06. The Labute approximate surface area is 98.4 Å². The first kappa shape index (κ1) is 9.84. The second kappa shape index (κ2) is 3.90. The minimum Gasteiger partial charge on any atom is -0.356 e. The van der Waals surface area contributed by atoms with E-state index in [1.54, 1.807) is 0 Å². The van der Waals surface area contributed by atoms with E-state index in [1.807, 2.05) is 55.5 Å². The molecule has 0 radical (unpaired) electrons. The van der Waals surface area contributed by atoms with E-state index in [9.17, 15) is 0 Å². The van der Waals surface area contributed by atoms with Gasteiger partial charge in [0.25, 0.3) is 0 Å². The second-order valence-corrected chi connectivity index (χ2v) is 3.86. The molecule has 0 aliphatic carbocycles. The summed E-state index contributed by atoms with van der Waals surface area (Å²) >= 11 is 0. The van der Waals surface area contributed by atoms with Crippen LogP contribution in [-0.4, -0.2) is 15.2 Å². The maximum atomic E-state index is 5.63. The average Bonchev–Trinajstić information content (AvgIpc) is 2.76. The molecule has 3 rings (SSSR count). The normalized spacial score (nSPS) is 10.6. The van der Waals surface area contributed by atoms with E-state index in [2.05, 4.69) is 10.3 Å². The van der Waals surface area contributed by atoms with Gasteiger partial charge >= 0.3 is 0 Å². The van der Waals surface area contributed by atoms with Gasteiger partial charge in [0.2, 0.25) is 0 Å². The van der Waals surface area contributed by atoms with Crippen LogP contribution in [0.4, 0.5) is 0 Å². The number of benzene rings is 2. The molecule has 0 spiro atoms. The summed E-state index contributed by atoms with van der Waals surface area (Å²) in [5.41, 5.74) is 2.87. The zero-order chi connectivity index (χ0) is 11.7. The molecular weight excluding hydrogens is 214 g/mol. The highest BCUT2D eigenvalue weighted by atomic mass is 16.7. The maximum absolute atomic E-state index is 5.63. The van der Waals surface area contributed by atoms with Crippen LogP contribution in [-0.2, 0) is 0 Å². The number of aromatic nitrogens is 3. The molecule has 0 bridgehead atoms. The molecule has 0 unspecified atom stereocenters. The fourth-order valence-corrected chi connectivity index (χ4v) is 1.61. The highest BCUT2D eigenvalue weighted by molar-refractivity contribution is 5.73. The van der Waals surface area contributed by atoms with E-state index in [0.717, 1.165) is 16.8 Å². The highest BCUT2D eigenvalue weighted by Crippen LogP contribution is 2.15. The smallest absolute Gasteiger partial charge is 0.158 e. The van der Waals surface area contributed by atoms with Gasteiger partial charge in [-0.05, 0) is 36.4 Å². The van der Waals surface area contributed by atoms with Crippen LogP contribution in [0, 0.1) is 6.92 Å². The third-order valence-corrected chi connectivity index (χ3v) is 2.53. The Bertz CT molecular complexity index is 643. The lowest BCUT2D eigenvalue weighted by atomic mass is 10.2. The van der Waals surface area contributed by atoms with Crippen LogP contribution in [0.1, 0.15) is 5.56 Å². The molecule has 2 aromatic carbocycles. The molecule has 4 nitrogen and oxygen atoms in total. The molecule has 0 saturated carbocycles. The van der Waals surface area contributed by atoms with E-state index in [4.69, 9.17) is 4.84 Å². The van der Waals surface area contributed by atoms with Crippen molar-refractivity contribution < 1.29 is 4.84 Å². The largest absolute Gasteiger partial charge is 0.356 e. The Morgan fingerprint density at radius 2 is 1.76 bits per heavy atom. The van der Waals surface area contributed by atoms with Crippen LogP contribution in [0.2, 0.25) is 0 Å². The van der Waals surface area contributed by atoms with Crippen LogP contribution in [0.15, 0.2) is 48.5 Å². The molecule has 0 fully saturated rings. The van der Waals surface area contributed by atoms with Crippen LogP contribution in [0.5, 0.6) is 5.75 Å². The van der Waals surface area contributed by atoms with Gasteiger partial charge in [0.15, 0.2) is 5.75 Å². The number of aryl methyl sites for hydroxylation is 1. The SMILES string of the molecule is Cc1ccc(On2nnc3ccccc32)cc1. The summed E-state index contributed by atoms with van der Waals surface area (Å²) < 4.78 is 0. The van der Waals surface area contributed by atoms with Gasteiger partial charge in [0.1, 0.15) is 11.0 Å². The van der Waals surface area contributed by atoms with Gasteiger partial charge in [-0.25, -0.2) is 0 Å². The molecule has 3 aromatic rings. The van der Waals surface area contributed by atoms with Crippen LogP contribution in [0.3, 0.4) is 0 Å². The van der Waals surface area contributed by atoms with Gasteiger partial charge in [0, 0.05) is 0 Å². The highest BCUT2D eigenvalue weighted by Gasteiger charge is 2.04. The van der Waals surface area contributed by atoms with Gasteiger partial charge in [-0.1, -0.05) is 34.7 Å². The second-order valence-electron chi connectivity index (χ2n) is 3.86. The summed E-state index contributed by atoms with van der Waals surface area (Å²) in [6, 6.07) is 15.5. The third kappa shape index (κ3) is 1.85. The fraction of sp³-hybridized carbons (Fsp3) is 0.0769. The minimum atomic E-state index is 0.742. The number of hydrogen-bond donors (Lipinski definition) is 0. The van der Waals surface area contributed by atoms with Gasteiger partial charge in [-0.15, -0.1) is 5.10 Å². The predicted octanol–water partition coefficient (Wildman–Crippen LogP) is 2.58. The zero-order valence-corrected chi connectivity index (χ0v) is 9.37. The lowest BCUT2D eigenvalue weighted by molar-refractivity contribution is 0.184. The standard InChI is InChI=1S/C13H11N3O/c1-10-6-8-11(9-7-10)17-16-13-5-3-2-4-12(13)14-15-16/h2-9H,1H3. The molecule has 1 heterocycles. The van der Waals surface area contributed by atoms with Crippen molar-refractivity contribution in [2.75, 3.05) is 0 Å². The Balaban J connectivity index is 1.97. The van der Waals surface area contributed by atoms with Crippen LogP contribution < -0.4 is 4.84 Å². The lowest BCUT2D eigenvalue weighted by Gasteiger charge is -2.04.